The van der Waals surface area contributed by atoms with Gasteiger partial charge in [-0.05, 0) is 30.5 Å². The van der Waals surface area contributed by atoms with Crippen LogP contribution in [0, 0.1) is 0 Å². The van der Waals surface area contributed by atoms with Crippen molar-refractivity contribution in [2.45, 2.75) is 39.1 Å². The molecule has 7 heteroatoms. The molecule has 1 saturated heterocycles. The highest BCUT2D eigenvalue weighted by Gasteiger charge is 2.28. The van der Waals surface area contributed by atoms with Gasteiger partial charge in [0.1, 0.15) is 0 Å². The molecule has 0 saturated carbocycles. The van der Waals surface area contributed by atoms with Crippen molar-refractivity contribution < 1.29 is 9.47 Å². The molecule has 1 aliphatic rings. The molecule has 1 aliphatic heterocycles. The number of benzene rings is 2. The Labute approximate surface area is 209 Å². The van der Waals surface area contributed by atoms with E-state index in [2.05, 4.69) is 70.8 Å². The topological polar surface area (TPSA) is 58.1 Å². The minimum atomic E-state index is 0. The Hall–Kier alpha value is -1.68. The first-order valence-corrected chi connectivity index (χ1v) is 11.0. The largest absolute Gasteiger partial charge is 0.379 e. The highest BCUT2D eigenvalue weighted by Crippen LogP contribution is 2.15. The van der Waals surface area contributed by atoms with Gasteiger partial charge < -0.3 is 20.1 Å². The maximum atomic E-state index is 5.95. The molecule has 0 bridgehead atoms. The van der Waals surface area contributed by atoms with E-state index in [0.29, 0.717) is 19.8 Å². The van der Waals surface area contributed by atoms with Crippen molar-refractivity contribution in [3.63, 3.8) is 0 Å². The van der Waals surface area contributed by atoms with Crippen molar-refractivity contribution in [3.05, 3.63) is 71.3 Å². The molecule has 0 atom stereocenters. The van der Waals surface area contributed by atoms with Gasteiger partial charge in [0.2, 0.25) is 0 Å². The molecule has 0 aliphatic carbocycles. The van der Waals surface area contributed by atoms with Crippen molar-refractivity contribution >= 4 is 29.9 Å². The summed E-state index contributed by atoms with van der Waals surface area (Å²) in [5, 5.41) is 6.94. The van der Waals surface area contributed by atoms with Gasteiger partial charge in [0.05, 0.1) is 26.4 Å². The first kappa shape index (κ1) is 26.6. The van der Waals surface area contributed by atoms with Gasteiger partial charge in [0.15, 0.2) is 5.96 Å². The average molecular weight is 553 g/mol. The van der Waals surface area contributed by atoms with Crippen LogP contribution in [0.2, 0.25) is 0 Å². The molecule has 0 unspecified atom stereocenters. The lowest BCUT2D eigenvalue weighted by atomic mass is 10.0. The van der Waals surface area contributed by atoms with Crippen LogP contribution in [0.15, 0.2) is 59.6 Å². The van der Waals surface area contributed by atoms with E-state index in [1.54, 1.807) is 0 Å². The van der Waals surface area contributed by atoms with Crippen molar-refractivity contribution in [1.29, 1.82) is 0 Å². The zero-order valence-electron chi connectivity index (χ0n) is 19.5. The molecule has 32 heavy (non-hydrogen) atoms. The van der Waals surface area contributed by atoms with E-state index >= 15 is 0 Å². The number of hydrogen-bond donors (Lipinski definition) is 2. The summed E-state index contributed by atoms with van der Waals surface area (Å²) in [5.41, 5.74) is 3.62. The SMILES string of the molecule is CN=C(NCc1ccccc1COCc1ccccc1)NCC(C)(C)N1CCOCC1.I. The summed E-state index contributed by atoms with van der Waals surface area (Å²) in [5.74, 6) is 0.807. The van der Waals surface area contributed by atoms with Gasteiger partial charge in [-0.3, -0.25) is 9.89 Å². The molecule has 2 N–H and O–H groups in total. The summed E-state index contributed by atoms with van der Waals surface area (Å²) >= 11 is 0. The number of nitrogens with zero attached hydrogens (tertiary/aromatic N) is 2. The molecule has 0 amide bonds. The van der Waals surface area contributed by atoms with E-state index in [1.165, 1.54) is 16.7 Å². The molecule has 6 nitrogen and oxygen atoms in total. The van der Waals surface area contributed by atoms with Crippen LogP contribution >= 0.6 is 24.0 Å². The molecule has 1 fully saturated rings. The summed E-state index contributed by atoms with van der Waals surface area (Å²) in [4.78, 5) is 6.87. The molecule has 2 aromatic rings. The Bertz CT molecular complexity index is 824. The number of hydrogen-bond acceptors (Lipinski definition) is 4. The van der Waals surface area contributed by atoms with Gasteiger partial charge in [0, 0.05) is 38.8 Å². The summed E-state index contributed by atoms with van der Waals surface area (Å²) in [6, 6.07) is 18.7. The lowest BCUT2D eigenvalue weighted by Crippen LogP contribution is -2.56. The predicted octanol–water partition coefficient (Wildman–Crippen LogP) is 3.80. The second-order valence-electron chi connectivity index (χ2n) is 8.44. The number of ether oxygens (including phenoxy) is 2. The number of aliphatic imine (C=N–C) groups is 1. The molecular weight excluding hydrogens is 515 g/mol. The second-order valence-corrected chi connectivity index (χ2v) is 8.44. The fourth-order valence-corrected chi connectivity index (χ4v) is 3.70. The van der Waals surface area contributed by atoms with Crippen molar-refractivity contribution in [2.75, 3.05) is 39.9 Å². The Kier molecular flexibility index (Phi) is 11.4. The quantitative estimate of drug-likeness (QED) is 0.282. The van der Waals surface area contributed by atoms with Gasteiger partial charge in [0.25, 0.3) is 0 Å². The minimum Gasteiger partial charge on any atom is -0.379 e. The first-order valence-electron chi connectivity index (χ1n) is 11.0. The van der Waals surface area contributed by atoms with Gasteiger partial charge in [-0.15, -0.1) is 24.0 Å². The van der Waals surface area contributed by atoms with E-state index < -0.39 is 0 Å². The Balaban J connectivity index is 0.00000363. The third-order valence-electron chi connectivity index (χ3n) is 5.71. The second kappa shape index (κ2) is 13.8. The summed E-state index contributed by atoms with van der Waals surface area (Å²) in [6.45, 7) is 10.8. The summed E-state index contributed by atoms with van der Waals surface area (Å²) < 4.78 is 11.4. The third kappa shape index (κ3) is 8.35. The van der Waals surface area contributed by atoms with Gasteiger partial charge in [-0.25, -0.2) is 0 Å². The van der Waals surface area contributed by atoms with E-state index in [1.807, 2.05) is 25.2 Å². The third-order valence-corrected chi connectivity index (χ3v) is 5.71. The molecule has 0 spiro atoms. The lowest BCUT2D eigenvalue weighted by molar-refractivity contribution is -0.00834. The van der Waals surface area contributed by atoms with E-state index in [-0.39, 0.29) is 29.5 Å². The fraction of sp³-hybridized carbons (Fsp3) is 0.480. The number of morpholine rings is 1. The number of nitrogens with one attached hydrogen (secondary N) is 2. The first-order chi connectivity index (χ1) is 15.1. The molecule has 0 radical (unpaired) electrons. The minimum absolute atomic E-state index is 0. The van der Waals surface area contributed by atoms with E-state index in [0.717, 1.165) is 38.8 Å². The van der Waals surface area contributed by atoms with Gasteiger partial charge in [-0.1, -0.05) is 54.6 Å². The van der Waals surface area contributed by atoms with Crippen LogP contribution in [0.4, 0.5) is 0 Å². The van der Waals surface area contributed by atoms with Crippen LogP contribution in [0.5, 0.6) is 0 Å². The molecule has 0 aromatic heterocycles. The van der Waals surface area contributed by atoms with Crippen molar-refractivity contribution in [3.8, 4) is 0 Å². The maximum absolute atomic E-state index is 5.95. The Morgan fingerprint density at radius 1 is 0.969 bits per heavy atom. The zero-order chi connectivity index (χ0) is 21.9. The van der Waals surface area contributed by atoms with Crippen molar-refractivity contribution in [1.82, 2.24) is 15.5 Å². The maximum Gasteiger partial charge on any atom is 0.191 e. The van der Waals surface area contributed by atoms with E-state index in [9.17, 15) is 0 Å². The van der Waals surface area contributed by atoms with Crippen LogP contribution in [-0.4, -0.2) is 56.3 Å². The average Bonchev–Trinajstić information content (AvgIpc) is 2.81. The standard InChI is InChI=1S/C25H36N4O2.HI/c1-25(2,29-13-15-30-16-14-29)20-28-24(26-3)27-17-22-11-7-8-12-23(22)19-31-18-21-9-5-4-6-10-21;/h4-12H,13-20H2,1-3H3,(H2,26,27,28);1H. The lowest BCUT2D eigenvalue weighted by Gasteiger charge is -2.41. The van der Waals surface area contributed by atoms with Crippen LogP contribution in [0.3, 0.4) is 0 Å². The predicted molar refractivity (Wildman–Crippen MR) is 141 cm³/mol. The normalized spacial score (nSPS) is 15.2. The van der Waals surface area contributed by atoms with Crippen LogP contribution in [-0.2, 0) is 29.2 Å². The van der Waals surface area contributed by atoms with Crippen LogP contribution in [0.1, 0.15) is 30.5 Å². The molecule has 2 aromatic carbocycles. The van der Waals surface area contributed by atoms with Gasteiger partial charge in [-0.2, -0.15) is 0 Å². The number of halogens is 1. The molecule has 176 valence electrons. The number of guanidine groups is 1. The van der Waals surface area contributed by atoms with Crippen LogP contribution in [0.25, 0.3) is 0 Å². The molecular formula is C25H37IN4O2. The van der Waals surface area contributed by atoms with Gasteiger partial charge >= 0.3 is 0 Å². The summed E-state index contributed by atoms with van der Waals surface area (Å²) in [7, 11) is 1.81. The highest BCUT2D eigenvalue weighted by atomic mass is 127. The fourth-order valence-electron chi connectivity index (χ4n) is 3.70. The smallest absolute Gasteiger partial charge is 0.191 e. The number of rotatable bonds is 9. The molecule has 3 rings (SSSR count). The highest BCUT2D eigenvalue weighted by molar-refractivity contribution is 14.0. The van der Waals surface area contributed by atoms with E-state index in [4.69, 9.17) is 9.47 Å². The zero-order valence-corrected chi connectivity index (χ0v) is 21.8. The summed E-state index contributed by atoms with van der Waals surface area (Å²) in [6.07, 6.45) is 0. The molecule has 1 heterocycles. The Morgan fingerprint density at radius 3 is 2.31 bits per heavy atom. The van der Waals surface area contributed by atoms with Crippen LogP contribution < -0.4 is 10.6 Å². The van der Waals surface area contributed by atoms with Crippen molar-refractivity contribution in [2.24, 2.45) is 4.99 Å². The monoisotopic (exact) mass is 552 g/mol. The Morgan fingerprint density at radius 2 is 1.62 bits per heavy atom.